The number of halogens is 2. The maximum absolute atomic E-state index is 12.1. The largest absolute Gasteiger partial charge is 0.364 e. The summed E-state index contributed by atoms with van der Waals surface area (Å²) in [7, 11) is 0. The second kappa shape index (κ2) is 8.33. The quantitative estimate of drug-likeness (QED) is 0.619. The summed E-state index contributed by atoms with van der Waals surface area (Å²) in [6.45, 7) is 0.662. The van der Waals surface area contributed by atoms with E-state index in [9.17, 15) is 9.59 Å². The number of anilines is 3. The normalized spacial score (nSPS) is 14.1. The fourth-order valence-corrected chi connectivity index (χ4v) is 3.86. The molecule has 1 aromatic carbocycles. The molecule has 1 aliphatic rings. The Labute approximate surface area is 182 Å². The van der Waals surface area contributed by atoms with Crippen molar-refractivity contribution in [2.45, 2.75) is 19.3 Å². The number of piperidine rings is 1. The summed E-state index contributed by atoms with van der Waals surface area (Å²) in [5, 5.41) is 8.08. The van der Waals surface area contributed by atoms with E-state index in [4.69, 9.17) is 28.9 Å². The standard InChI is InChI=1S/C20H18Cl2N6O2/c21-13-4-3-5-14(22)19(13)28-11-15(18(26-28)20(23)30)25-12-7-8-16(24-10-12)27-9-2-1-6-17(27)29/h3-5,7-8,10-11,25H,1-2,6,9H2,(H2,23,30). The van der Waals surface area contributed by atoms with Gasteiger partial charge in [-0.05, 0) is 37.1 Å². The molecule has 0 atom stereocenters. The molecule has 8 nitrogen and oxygen atoms in total. The van der Waals surface area contributed by atoms with Crippen molar-refractivity contribution in [1.82, 2.24) is 14.8 Å². The van der Waals surface area contributed by atoms with Crippen LogP contribution in [-0.4, -0.2) is 33.1 Å². The molecule has 2 amide bonds. The highest BCUT2D eigenvalue weighted by Gasteiger charge is 2.21. The lowest BCUT2D eigenvalue weighted by Crippen LogP contribution is -2.35. The van der Waals surface area contributed by atoms with E-state index in [2.05, 4.69) is 15.4 Å². The van der Waals surface area contributed by atoms with Crippen molar-refractivity contribution >= 4 is 52.2 Å². The first-order chi connectivity index (χ1) is 14.4. The summed E-state index contributed by atoms with van der Waals surface area (Å²) in [5.41, 5.74) is 6.94. The van der Waals surface area contributed by atoms with E-state index in [1.165, 1.54) is 4.68 Å². The van der Waals surface area contributed by atoms with Crippen LogP contribution in [0.2, 0.25) is 10.0 Å². The number of amides is 2. The van der Waals surface area contributed by atoms with E-state index in [-0.39, 0.29) is 11.6 Å². The van der Waals surface area contributed by atoms with Gasteiger partial charge in [-0.25, -0.2) is 9.67 Å². The number of aromatic nitrogens is 3. The maximum atomic E-state index is 12.1. The van der Waals surface area contributed by atoms with E-state index in [1.807, 2.05) is 0 Å². The first-order valence-electron chi connectivity index (χ1n) is 9.31. The lowest BCUT2D eigenvalue weighted by molar-refractivity contribution is -0.119. The van der Waals surface area contributed by atoms with Gasteiger partial charge in [0.2, 0.25) is 5.91 Å². The average molecular weight is 445 g/mol. The number of rotatable bonds is 5. The number of primary amides is 1. The maximum Gasteiger partial charge on any atom is 0.271 e. The van der Waals surface area contributed by atoms with Gasteiger partial charge < -0.3 is 11.1 Å². The molecule has 0 unspecified atom stereocenters. The lowest BCUT2D eigenvalue weighted by Gasteiger charge is -2.25. The second-order valence-corrected chi connectivity index (χ2v) is 7.62. The molecule has 0 saturated carbocycles. The van der Waals surface area contributed by atoms with Crippen LogP contribution in [0.1, 0.15) is 29.8 Å². The highest BCUT2D eigenvalue weighted by molar-refractivity contribution is 6.37. The molecular weight excluding hydrogens is 427 g/mol. The van der Waals surface area contributed by atoms with Gasteiger partial charge in [0.15, 0.2) is 5.69 Å². The molecule has 10 heteroatoms. The Morgan fingerprint density at radius 1 is 1.13 bits per heavy atom. The van der Waals surface area contributed by atoms with E-state index in [0.29, 0.717) is 45.9 Å². The molecule has 1 saturated heterocycles. The number of nitrogens with zero attached hydrogens (tertiary/aromatic N) is 4. The molecule has 0 bridgehead atoms. The average Bonchev–Trinajstić information content (AvgIpc) is 3.12. The minimum Gasteiger partial charge on any atom is -0.364 e. The highest BCUT2D eigenvalue weighted by atomic mass is 35.5. The van der Waals surface area contributed by atoms with Crippen LogP contribution in [0.4, 0.5) is 17.2 Å². The van der Waals surface area contributed by atoms with Crippen LogP contribution in [0.25, 0.3) is 5.69 Å². The highest BCUT2D eigenvalue weighted by Crippen LogP contribution is 2.30. The molecule has 1 aliphatic heterocycles. The third-order valence-electron chi connectivity index (χ3n) is 4.74. The topological polar surface area (TPSA) is 106 Å². The predicted molar refractivity (Wildman–Crippen MR) is 116 cm³/mol. The van der Waals surface area contributed by atoms with Crippen molar-refractivity contribution in [2.75, 3.05) is 16.8 Å². The first-order valence-corrected chi connectivity index (χ1v) is 10.1. The number of carbonyl (C=O) groups is 2. The number of benzene rings is 1. The number of hydrogen-bond donors (Lipinski definition) is 2. The molecule has 154 valence electrons. The number of carbonyl (C=O) groups excluding carboxylic acids is 2. The molecule has 1 fully saturated rings. The zero-order valence-electron chi connectivity index (χ0n) is 15.8. The van der Waals surface area contributed by atoms with E-state index in [0.717, 1.165) is 12.8 Å². The van der Waals surface area contributed by atoms with Crippen molar-refractivity contribution in [1.29, 1.82) is 0 Å². The summed E-state index contributed by atoms with van der Waals surface area (Å²) in [5.74, 6) is -0.0368. The third-order valence-corrected chi connectivity index (χ3v) is 5.35. The molecule has 0 radical (unpaired) electrons. The molecule has 30 heavy (non-hydrogen) atoms. The van der Waals surface area contributed by atoms with Crippen LogP contribution in [0.5, 0.6) is 0 Å². The zero-order valence-corrected chi connectivity index (χ0v) is 17.3. The molecule has 3 aromatic rings. The van der Waals surface area contributed by atoms with Crippen LogP contribution in [-0.2, 0) is 4.79 Å². The van der Waals surface area contributed by atoms with E-state index in [1.54, 1.807) is 47.6 Å². The monoisotopic (exact) mass is 444 g/mol. The second-order valence-electron chi connectivity index (χ2n) is 6.80. The third kappa shape index (κ3) is 3.96. The SMILES string of the molecule is NC(=O)c1nn(-c2c(Cl)cccc2Cl)cc1Nc1ccc(N2CCCCC2=O)nc1. The van der Waals surface area contributed by atoms with Gasteiger partial charge in [-0.1, -0.05) is 29.3 Å². The van der Waals surface area contributed by atoms with E-state index >= 15 is 0 Å². The molecule has 2 aromatic heterocycles. The van der Waals surface area contributed by atoms with Crippen LogP contribution >= 0.6 is 23.2 Å². The van der Waals surface area contributed by atoms with Gasteiger partial charge in [-0.15, -0.1) is 0 Å². The predicted octanol–water partition coefficient (Wildman–Crippen LogP) is 3.93. The van der Waals surface area contributed by atoms with Gasteiger partial charge in [0.25, 0.3) is 5.91 Å². The number of para-hydroxylation sites is 1. The molecular formula is C20H18Cl2N6O2. The first kappa shape index (κ1) is 20.2. The number of nitrogens with one attached hydrogen (secondary N) is 1. The summed E-state index contributed by atoms with van der Waals surface area (Å²) in [6, 6.07) is 8.59. The summed E-state index contributed by atoms with van der Waals surface area (Å²) in [6.07, 6.45) is 5.56. The molecule has 0 aliphatic carbocycles. The lowest BCUT2D eigenvalue weighted by atomic mass is 10.1. The van der Waals surface area contributed by atoms with Crippen LogP contribution < -0.4 is 16.0 Å². The number of pyridine rings is 1. The van der Waals surface area contributed by atoms with E-state index < -0.39 is 5.91 Å². The summed E-state index contributed by atoms with van der Waals surface area (Å²) < 4.78 is 1.40. The number of hydrogen-bond acceptors (Lipinski definition) is 5. The summed E-state index contributed by atoms with van der Waals surface area (Å²) in [4.78, 5) is 30.0. The van der Waals surface area contributed by atoms with Crippen molar-refractivity contribution in [3.63, 3.8) is 0 Å². The fourth-order valence-electron chi connectivity index (χ4n) is 3.29. The van der Waals surface area contributed by atoms with Crippen molar-refractivity contribution in [3.05, 3.63) is 58.5 Å². The van der Waals surface area contributed by atoms with Crippen LogP contribution in [0.3, 0.4) is 0 Å². The molecule has 4 rings (SSSR count). The van der Waals surface area contributed by atoms with Crippen molar-refractivity contribution in [2.24, 2.45) is 5.73 Å². The summed E-state index contributed by atoms with van der Waals surface area (Å²) >= 11 is 12.5. The number of nitrogens with two attached hydrogens (primary N) is 1. The Morgan fingerprint density at radius 2 is 1.90 bits per heavy atom. The van der Waals surface area contributed by atoms with Gasteiger partial charge in [-0.3, -0.25) is 14.5 Å². The minimum atomic E-state index is -0.706. The Hall–Kier alpha value is -3.10. The van der Waals surface area contributed by atoms with Gasteiger partial charge in [0.05, 0.1) is 33.8 Å². The van der Waals surface area contributed by atoms with Gasteiger partial charge in [0.1, 0.15) is 11.5 Å². The fraction of sp³-hybridized carbons (Fsp3) is 0.200. The Balaban J connectivity index is 1.62. The molecule has 0 spiro atoms. The van der Waals surface area contributed by atoms with Crippen molar-refractivity contribution in [3.8, 4) is 5.69 Å². The Kier molecular flexibility index (Phi) is 5.61. The smallest absolute Gasteiger partial charge is 0.271 e. The van der Waals surface area contributed by atoms with Gasteiger partial charge in [-0.2, -0.15) is 5.10 Å². The van der Waals surface area contributed by atoms with Gasteiger partial charge in [0, 0.05) is 13.0 Å². The Morgan fingerprint density at radius 3 is 2.53 bits per heavy atom. The van der Waals surface area contributed by atoms with Gasteiger partial charge >= 0.3 is 0 Å². The molecule has 3 N–H and O–H groups in total. The Bertz CT molecular complexity index is 1090. The van der Waals surface area contributed by atoms with Crippen LogP contribution in [0.15, 0.2) is 42.7 Å². The zero-order chi connectivity index (χ0) is 21.3. The minimum absolute atomic E-state index is 0.0290. The molecule has 3 heterocycles. The van der Waals surface area contributed by atoms with Crippen LogP contribution in [0, 0.1) is 0 Å². The van der Waals surface area contributed by atoms with Crippen molar-refractivity contribution < 1.29 is 9.59 Å².